The fourth-order valence-electron chi connectivity index (χ4n) is 4.17. The molecule has 1 atom stereocenters. The van der Waals surface area contributed by atoms with E-state index in [4.69, 9.17) is 4.74 Å². The second-order valence-electron chi connectivity index (χ2n) is 8.96. The number of hydrogen-bond acceptors (Lipinski definition) is 6. The van der Waals surface area contributed by atoms with Gasteiger partial charge in [-0.25, -0.2) is 22.9 Å². The third kappa shape index (κ3) is 5.98. The maximum atomic E-state index is 15.3. The molecule has 2 amide bonds. The monoisotopic (exact) mass is 575 g/mol. The number of anilines is 2. The number of nitrogens with one attached hydrogen (secondary N) is 3. The topological polar surface area (TPSA) is 105 Å². The molecule has 1 aromatic heterocycles. The highest BCUT2D eigenvalue weighted by Crippen LogP contribution is 2.31. The number of carbonyl (C=O) groups excluding carboxylic acids is 2. The number of ether oxygens (including phenoxy) is 1. The van der Waals surface area contributed by atoms with E-state index in [0.717, 1.165) is 18.2 Å². The summed E-state index contributed by atoms with van der Waals surface area (Å²) in [5.74, 6) is -6.27. The molecule has 0 aliphatic carbocycles. The molecule has 1 saturated heterocycles. The molecular formula is C27H19F6N5O3. The summed E-state index contributed by atoms with van der Waals surface area (Å²) in [4.78, 5) is 34.2. The van der Waals surface area contributed by atoms with E-state index < -0.39 is 58.4 Å². The molecule has 14 heteroatoms. The zero-order valence-corrected chi connectivity index (χ0v) is 20.8. The Labute approximate surface area is 227 Å². The number of morpholine rings is 1. The molecule has 3 aromatic carbocycles. The van der Waals surface area contributed by atoms with Gasteiger partial charge in [-0.05, 0) is 36.4 Å². The molecule has 41 heavy (non-hydrogen) atoms. The van der Waals surface area contributed by atoms with E-state index in [2.05, 4.69) is 15.3 Å². The molecule has 212 valence electrons. The number of benzene rings is 3. The van der Waals surface area contributed by atoms with Crippen LogP contribution in [0.5, 0.6) is 0 Å². The molecular weight excluding hydrogens is 556 g/mol. The van der Waals surface area contributed by atoms with E-state index in [0.29, 0.717) is 43.0 Å². The molecule has 0 saturated carbocycles. The van der Waals surface area contributed by atoms with E-state index in [9.17, 15) is 31.5 Å². The van der Waals surface area contributed by atoms with Crippen LogP contribution in [0.25, 0.3) is 11.0 Å². The fourth-order valence-corrected chi connectivity index (χ4v) is 4.17. The number of amides is 2. The smallest absolute Gasteiger partial charge is 0.369 e. The maximum absolute atomic E-state index is 15.3. The molecule has 0 radical (unpaired) electrons. The Kier molecular flexibility index (Phi) is 7.60. The van der Waals surface area contributed by atoms with E-state index in [1.54, 1.807) is 0 Å². The van der Waals surface area contributed by atoms with Gasteiger partial charge in [-0.3, -0.25) is 9.78 Å². The van der Waals surface area contributed by atoms with Gasteiger partial charge >= 0.3 is 12.2 Å². The van der Waals surface area contributed by atoms with E-state index >= 15 is 4.39 Å². The number of alkyl halides is 3. The van der Waals surface area contributed by atoms with Crippen molar-refractivity contribution < 1.29 is 40.7 Å². The SMILES string of the molecule is O=C(Nc1cccc(C(F)(F)F)c1)Nc1cc(F)c(F)c(C(=O)c2ccc3ncc(C4CNCCO4)nc3c2)c1F. The van der Waals surface area contributed by atoms with Crippen LogP contribution in [0.4, 0.5) is 42.5 Å². The van der Waals surface area contributed by atoms with Crippen molar-refractivity contribution in [3.63, 3.8) is 0 Å². The standard InChI is InChI=1S/C27H19F6N5O3/c28-16-10-19(38-26(40)36-15-3-1-2-14(9-15)27(31,32)33)24(30)22(23(16)29)25(39)13-4-5-17-18(8-13)37-20(11-35-17)21-12-34-6-7-41-21/h1-5,8-11,21,34H,6-7,12H2,(H2,36,38,40). The van der Waals surface area contributed by atoms with Crippen LogP contribution in [-0.2, 0) is 10.9 Å². The number of halogens is 6. The highest BCUT2D eigenvalue weighted by molar-refractivity contribution is 6.11. The summed E-state index contributed by atoms with van der Waals surface area (Å²) in [7, 11) is 0. The van der Waals surface area contributed by atoms with Crippen molar-refractivity contribution in [2.45, 2.75) is 12.3 Å². The van der Waals surface area contributed by atoms with Gasteiger partial charge in [0, 0.05) is 30.4 Å². The summed E-state index contributed by atoms with van der Waals surface area (Å²) < 4.78 is 88.9. The van der Waals surface area contributed by atoms with Gasteiger partial charge < -0.3 is 20.7 Å². The molecule has 1 aliphatic rings. The number of urea groups is 1. The highest BCUT2D eigenvalue weighted by Gasteiger charge is 2.31. The van der Waals surface area contributed by atoms with Crippen molar-refractivity contribution in [3.05, 3.63) is 94.6 Å². The van der Waals surface area contributed by atoms with E-state index in [1.807, 2.05) is 10.6 Å². The quantitative estimate of drug-likeness (QED) is 0.163. The fraction of sp³-hybridized carbons (Fsp3) is 0.185. The minimum atomic E-state index is -4.69. The van der Waals surface area contributed by atoms with Crippen molar-refractivity contribution in [1.82, 2.24) is 15.3 Å². The zero-order chi connectivity index (χ0) is 29.3. The highest BCUT2D eigenvalue weighted by atomic mass is 19.4. The number of carbonyl (C=O) groups is 2. The minimum absolute atomic E-state index is 0.221. The molecule has 2 heterocycles. The summed E-state index contributed by atoms with van der Waals surface area (Å²) in [5.41, 5.74) is -2.74. The summed E-state index contributed by atoms with van der Waals surface area (Å²) >= 11 is 0. The lowest BCUT2D eigenvalue weighted by molar-refractivity contribution is -0.137. The molecule has 0 bridgehead atoms. The van der Waals surface area contributed by atoms with Gasteiger partial charge in [-0.1, -0.05) is 6.07 Å². The molecule has 4 aromatic rings. The summed E-state index contributed by atoms with van der Waals surface area (Å²) in [5, 5.41) is 7.09. The Morgan fingerprint density at radius 1 is 0.976 bits per heavy atom. The molecule has 1 fully saturated rings. The van der Waals surface area contributed by atoms with Gasteiger partial charge in [0.2, 0.25) is 0 Å². The number of rotatable bonds is 5. The van der Waals surface area contributed by atoms with Crippen LogP contribution in [0.1, 0.15) is 33.3 Å². The number of aromatic nitrogens is 2. The second kappa shape index (κ2) is 11.1. The molecule has 1 aliphatic heterocycles. The van der Waals surface area contributed by atoms with Crippen molar-refractivity contribution in [2.75, 3.05) is 30.3 Å². The first-order chi connectivity index (χ1) is 19.5. The number of hydrogen-bond donors (Lipinski definition) is 3. The first-order valence-corrected chi connectivity index (χ1v) is 12.1. The molecule has 1 unspecified atom stereocenters. The lowest BCUT2D eigenvalue weighted by atomic mass is 10.0. The zero-order valence-electron chi connectivity index (χ0n) is 20.8. The second-order valence-corrected chi connectivity index (χ2v) is 8.96. The van der Waals surface area contributed by atoms with Crippen LogP contribution in [0.2, 0.25) is 0 Å². The summed E-state index contributed by atoms with van der Waals surface area (Å²) in [6.45, 7) is 1.61. The first-order valence-electron chi connectivity index (χ1n) is 12.1. The number of fused-ring (bicyclic) bond motifs is 1. The van der Waals surface area contributed by atoms with Crippen molar-refractivity contribution in [2.24, 2.45) is 0 Å². The molecule has 0 spiro atoms. The predicted octanol–water partition coefficient (Wildman–Crippen LogP) is 5.60. The van der Waals surface area contributed by atoms with Gasteiger partial charge in [-0.15, -0.1) is 0 Å². The average molecular weight is 575 g/mol. The van der Waals surface area contributed by atoms with Crippen molar-refractivity contribution in [1.29, 1.82) is 0 Å². The normalized spacial score (nSPS) is 15.5. The van der Waals surface area contributed by atoms with Crippen LogP contribution < -0.4 is 16.0 Å². The predicted molar refractivity (Wildman–Crippen MR) is 135 cm³/mol. The Morgan fingerprint density at radius 3 is 2.51 bits per heavy atom. The van der Waals surface area contributed by atoms with Crippen LogP contribution >= 0.6 is 0 Å². The largest absolute Gasteiger partial charge is 0.416 e. The van der Waals surface area contributed by atoms with Crippen LogP contribution in [0.3, 0.4) is 0 Å². The van der Waals surface area contributed by atoms with E-state index in [1.165, 1.54) is 24.4 Å². The first kappa shape index (κ1) is 28.0. The van der Waals surface area contributed by atoms with Crippen LogP contribution in [-0.4, -0.2) is 41.5 Å². The van der Waals surface area contributed by atoms with Gasteiger partial charge in [0.1, 0.15) is 6.10 Å². The number of nitrogens with zero attached hydrogens (tertiary/aromatic N) is 2. The molecule has 3 N–H and O–H groups in total. The van der Waals surface area contributed by atoms with E-state index in [-0.39, 0.29) is 16.8 Å². The van der Waals surface area contributed by atoms with Gasteiger partial charge in [0.15, 0.2) is 23.2 Å². The average Bonchev–Trinajstić information content (AvgIpc) is 2.95. The lowest BCUT2D eigenvalue weighted by Crippen LogP contribution is -2.33. The summed E-state index contributed by atoms with van der Waals surface area (Å²) in [6, 6.07) is 6.48. The molecule has 5 rings (SSSR count). The summed E-state index contributed by atoms with van der Waals surface area (Å²) in [6.07, 6.45) is -3.57. The maximum Gasteiger partial charge on any atom is 0.416 e. The van der Waals surface area contributed by atoms with Crippen LogP contribution in [0, 0.1) is 17.5 Å². The third-order valence-electron chi connectivity index (χ3n) is 6.16. The Bertz CT molecular complexity index is 1660. The van der Waals surface area contributed by atoms with Crippen molar-refractivity contribution in [3.8, 4) is 0 Å². The Morgan fingerprint density at radius 2 is 1.78 bits per heavy atom. The minimum Gasteiger partial charge on any atom is -0.369 e. The van der Waals surface area contributed by atoms with Crippen molar-refractivity contribution >= 4 is 34.2 Å². The third-order valence-corrected chi connectivity index (χ3v) is 6.16. The Hall–Kier alpha value is -4.56. The van der Waals surface area contributed by atoms with Gasteiger partial charge in [-0.2, -0.15) is 13.2 Å². The Balaban J connectivity index is 1.42. The lowest BCUT2D eigenvalue weighted by Gasteiger charge is -2.22. The van der Waals surface area contributed by atoms with Gasteiger partial charge in [0.05, 0.1) is 46.3 Å². The van der Waals surface area contributed by atoms with Gasteiger partial charge in [0.25, 0.3) is 0 Å². The number of ketones is 1. The molecule has 8 nitrogen and oxygen atoms in total. The van der Waals surface area contributed by atoms with Crippen LogP contribution in [0.15, 0.2) is 54.7 Å².